The Bertz CT molecular complexity index is 456. The zero-order valence-electron chi connectivity index (χ0n) is 11.8. The van der Waals surface area contributed by atoms with Crippen LogP contribution in [0.25, 0.3) is 0 Å². The number of carbonyl (C=O) groups excluding carboxylic acids is 1. The van der Waals surface area contributed by atoms with E-state index in [0.29, 0.717) is 19.5 Å². The Kier molecular flexibility index (Phi) is 5.12. The average molecular weight is 278 g/mol. The van der Waals surface area contributed by atoms with Crippen molar-refractivity contribution in [2.75, 3.05) is 13.1 Å². The van der Waals surface area contributed by atoms with Gasteiger partial charge in [-0.15, -0.1) is 0 Å². The van der Waals surface area contributed by atoms with Crippen LogP contribution in [0, 0.1) is 11.2 Å². The number of benzene rings is 1. The van der Waals surface area contributed by atoms with E-state index in [1.807, 2.05) is 6.07 Å². The highest BCUT2D eigenvalue weighted by atomic mass is 19.1. The van der Waals surface area contributed by atoms with Gasteiger partial charge in [-0.25, -0.2) is 4.39 Å². The normalized spacial score (nSPS) is 17.7. The number of amides is 1. The fourth-order valence-electron chi connectivity index (χ4n) is 2.95. The number of nitrogens with one attached hydrogen (secondary N) is 1. The topological polar surface area (TPSA) is 55.1 Å². The molecule has 1 amide bonds. The highest BCUT2D eigenvalue weighted by molar-refractivity contribution is 5.83. The quantitative estimate of drug-likeness (QED) is 0.869. The maximum atomic E-state index is 13.1. The predicted molar refractivity (Wildman–Crippen MR) is 77.7 cm³/mol. The molecule has 1 aromatic carbocycles. The third-order valence-electron chi connectivity index (χ3n) is 4.27. The molecule has 0 heterocycles. The standard InChI is InChI=1S/C16H23FN2O/c17-14-6-4-5-13(11-14)7-10-19-15(20)16(12-18)8-2-1-3-9-16/h4-6,11H,1-3,7-10,12,18H2,(H,19,20). The van der Waals surface area contributed by atoms with E-state index in [9.17, 15) is 9.18 Å². The van der Waals surface area contributed by atoms with Gasteiger partial charge in [0.15, 0.2) is 0 Å². The number of nitrogens with two attached hydrogens (primary N) is 1. The summed E-state index contributed by atoms with van der Waals surface area (Å²) >= 11 is 0. The van der Waals surface area contributed by atoms with E-state index < -0.39 is 0 Å². The molecule has 4 heteroatoms. The molecule has 1 saturated carbocycles. The number of carbonyl (C=O) groups is 1. The lowest BCUT2D eigenvalue weighted by Crippen LogP contribution is -2.47. The molecule has 0 unspecified atom stereocenters. The Hall–Kier alpha value is -1.42. The van der Waals surface area contributed by atoms with E-state index in [4.69, 9.17) is 5.73 Å². The first-order chi connectivity index (χ1) is 9.66. The molecule has 0 saturated heterocycles. The lowest BCUT2D eigenvalue weighted by molar-refractivity contribution is -0.132. The summed E-state index contributed by atoms with van der Waals surface area (Å²) in [4.78, 5) is 12.3. The summed E-state index contributed by atoms with van der Waals surface area (Å²) in [6.45, 7) is 0.947. The molecule has 0 atom stereocenters. The molecule has 1 aromatic rings. The summed E-state index contributed by atoms with van der Waals surface area (Å²) in [5.74, 6) is -0.171. The molecular weight excluding hydrogens is 255 g/mol. The number of hydrogen-bond acceptors (Lipinski definition) is 2. The van der Waals surface area contributed by atoms with E-state index in [1.165, 1.54) is 18.6 Å². The van der Waals surface area contributed by atoms with Gasteiger partial charge in [0.25, 0.3) is 0 Å². The molecule has 0 radical (unpaired) electrons. The minimum Gasteiger partial charge on any atom is -0.355 e. The van der Waals surface area contributed by atoms with Gasteiger partial charge in [-0.2, -0.15) is 0 Å². The minimum absolute atomic E-state index is 0.0658. The Balaban J connectivity index is 1.85. The summed E-state index contributed by atoms with van der Waals surface area (Å²) < 4.78 is 13.1. The van der Waals surface area contributed by atoms with Crippen LogP contribution >= 0.6 is 0 Å². The van der Waals surface area contributed by atoms with Crippen molar-refractivity contribution in [3.05, 3.63) is 35.6 Å². The van der Waals surface area contributed by atoms with Crippen molar-refractivity contribution in [3.63, 3.8) is 0 Å². The molecule has 0 spiro atoms. The number of halogens is 1. The van der Waals surface area contributed by atoms with Crippen LogP contribution in [-0.2, 0) is 11.2 Å². The second kappa shape index (κ2) is 6.84. The third kappa shape index (κ3) is 3.57. The fourth-order valence-corrected chi connectivity index (χ4v) is 2.95. The van der Waals surface area contributed by atoms with Gasteiger partial charge in [-0.3, -0.25) is 4.79 Å². The average Bonchev–Trinajstić information content (AvgIpc) is 2.48. The molecule has 0 aliphatic heterocycles. The van der Waals surface area contributed by atoms with Crippen LogP contribution in [-0.4, -0.2) is 19.0 Å². The van der Waals surface area contributed by atoms with E-state index in [1.54, 1.807) is 6.07 Å². The molecule has 1 fully saturated rings. The van der Waals surface area contributed by atoms with Gasteiger partial charge in [0.05, 0.1) is 5.41 Å². The van der Waals surface area contributed by atoms with Crippen LogP contribution in [0.4, 0.5) is 4.39 Å². The Morgan fingerprint density at radius 2 is 2.05 bits per heavy atom. The van der Waals surface area contributed by atoms with Crippen molar-refractivity contribution in [3.8, 4) is 0 Å². The SMILES string of the molecule is NCC1(C(=O)NCCc2cccc(F)c2)CCCCC1. The summed E-state index contributed by atoms with van der Waals surface area (Å²) in [5, 5.41) is 2.97. The zero-order chi connectivity index (χ0) is 14.4. The van der Waals surface area contributed by atoms with Gasteiger partial charge in [-0.05, 0) is 37.0 Å². The monoisotopic (exact) mass is 278 g/mol. The van der Waals surface area contributed by atoms with Crippen molar-refractivity contribution in [1.82, 2.24) is 5.32 Å². The van der Waals surface area contributed by atoms with E-state index in [-0.39, 0.29) is 17.1 Å². The van der Waals surface area contributed by atoms with Gasteiger partial charge < -0.3 is 11.1 Å². The highest BCUT2D eigenvalue weighted by Crippen LogP contribution is 2.35. The molecule has 1 aliphatic rings. The molecule has 3 N–H and O–H groups in total. The Labute approximate surface area is 119 Å². The van der Waals surface area contributed by atoms with E-state index >= 15 is 0 Å². The van der Waals surface area contributed by atoms with Gasteiger partial charge in [0.2, 0.25) is 5.91 Å². The maximum absolute atomic E-state index is 13.1. The van der Waals surface area contributed by atoms with E-state index in [2.05, 4.69) is 5.32 Å². The fraction of sp³-hybridized carbons (Fsp3) is 0.562. The number of rotatable bonds is 5. The minimum atomic E-state index is -0.375. The molecule has 2 rings (SSSR count). The summed E-state index contributed by atoms with van der Waals surface area (Å²) in [5.41, 5.74) is 6.36. The van der Waals surface area contributed by atoms with Crippen molar-refractivity contribution in [2.45, 2.75) is 38.5 Å². The third-order valence-corrected chi connectivity index (χ3v) is 4.27. The van der Waals surface area contributed by atoms with Crippen molar-refractivity contribution in [1.29, 1.82) is 0 Å². The first kappa shape index (κ1) is 15.0. The lowest BCUT2D eigenvalue weighted by Gasteiger charge is -2.34. The molecule has 110 valence electrons. The first-order valence-electron chi connectivity index (χ1n) is 7.39. The van der Waals surface area contributed by atoms with Crippen LogP contribution < -0.4 is 11.1 Å². The summed E-state index contributed by atoms with van der Waals surface area (Å²) in [6, 6.07) is 6.49. The van der Waals surface area contributed by atoms with Crippen LogP contribution in [0.2, 0.25) is 0 Å². The van der Waals surface area contributed by atoms with Crippen LogP contribution in [0.15, 0.2) is 24.3 Å². The van der Waals surface area contributed by atoms with Gasteiger partial charge in [0.1, 0.15) is 5.82 Å². The van der Waals surface area contributed by atoms with Crippen LogP contribution in [0.3, 0.4) is 0 Å². The van der Waals surface area contributed by atoms with Crippen LogP contribution in [0.1, 0.15) is 37.7 Å². The highest BCUT2D eigenvalue weighted by Gasteiger charge is 2.37. The molecule has 20 heavy (non-hydrogen) atoms. The first-order valence-corrected chi connectivity index (χ1v) is 7.39. The zero-order valence-corrected chi connectivity index (χ0v) is 11.8. The second-order valence-electron chi connectivity index (χ2n) is 5.68. The smallest absolute Gasteiger partial charge is 0.227 e. The molecule has 0 aromatic heterocycles. The summed E-state index contributed by atoms with van der Waals surface area (Å²) in [7, 11) is 0. The van der Waals surface area contributed by atoms with Gasteiger partial charge in [-0.1, -0.05) is 31.4 Å². The second-order valence-corrected chi connectivity index (χ2v) is 5.68. The van der Waals surface area contributed by atoms with Gasteiger partial charge in [0, 0.05) is 13.1 Å². The lowest BCUT2D eigenvalue weighted by atomic mass is 9.73. The number of hydrogen-bond donors (Lipinski definition) is 2. The Morgan fingerprint density at radius 1 is 1.30 bits per heavy atom. The molecule has 0 bridgehead atoms. The maximum Gasteiger partial charge on any atom is 0.227 e. The largest absolute Gasteiger partial charge is 0.355 e. The summed E-state index contributed by atoms with van der Waals surface area (Å²) in [6.07, 6.45) is 5.76. The molecule has 3 nitrogen and oxygen atoms in total. The van der Waals surface area contributed by atoms with Gasteiger partial charge >= 0.3 is 0 Å². The molecular formula is C16H23FN2O. The van der Waals surface area contributed by atoms with Crippen molar-refractivity contribution in [2.24, 2.45) is 11.1 Å². The Morgan fingerprint density at radius 3 is 2.70 bits per heavy atom. The predicted octanol–water partition coefficient (Wildman–Crippen LogP) is 2.39. The van der Waals surface area contributed by atoms with Crippen molar-refractivity contribution < 1.29 is 9.18 Å². The molecule has 1 aliphatic carbocycles. The van der Waals surface area contributed by atoms with E-state index in [0.717, 1.165) is 31.2 Å². The van der Waals surface area contributed by atoms with Crippen molar-refractivity contribution >= 4 is 5.91 Å². The van der Waals surface area contributed by atoms with Crippen LogP contribution in [0.5, 0.6) is 0 Å².